The van der Waals surface area contributed by atoms with E-state index in [1.165, 1.54) is 4.88 Å². The van der Waals surface area contributed by atoms with Crippen molar-refractivity contribution in [3.63, 3.8) is 0 Å². The zero-order chi connectivity index (χ0) is 18.3. The molecule has 0 unspecified atom stereocenters. The first-order valence-corrected chi connectivity index (χ1v) is 9.53. The van der Waals surface area contributed by atoms with Gasteiger partial charge in [0, 0.05) is 20.5 Å². The Kier molecular flexibility index (Phi) is 4.05. The van der Waals surface area contributed by atoms with Crippen LogP contribution in [0.2, 0.25) is 0 Å². The molecule has 1 heterocycles. The fraction of sp³-hybridized carbons (Fsp3) is 0.273. The Morgan fingerprint density at radius 3 is 2.77 bits per heavy atom. The number of rotatable bonds is 2. The lowest BCUT2D eigenvalue weighted by molar-refractivity contribution is 0.318. The molecule has 0 saturated heterocycles. The Morgan fingerprint density at radius 1 is 1.15 bits per heavy atom. The molecule has 0 aliphatic heterocycles. The standard InChI is InChI=1S/C22H19NO2S/c1-22(2)9-8-18-20(12-22)26-19-11-16(6-7-17(19)21(18)24)25-15-5-3-4-14(10-15)13-23/h3-7,10-11H,8-9,12H2,1-2H3. The maximum absolute atomic E-state index is 12.9. The fourth-order valence-corrected chi connectivity index (χ4v) is 4.96. The van der Waals surface area contributed by atoms with Crippen molar-refractivity contribution >= 4 is 21.4 Å². The number of benzene rings is 2. The van der Waals surface area contributed by atoms with Gasteiger partial charge >= 0.3 is 0 Å². The molecule has 0 saturated carbocycles. The highest BCUT2D eigenvalue weighted by molar-refractivity contribution is 7.18. The summed E-state index contributed by atoms with van der Waals surface area (Å²) in [6, 6.07) is 14.8. The smallest absolute Gasteiger partial charge is 0.191 e. The topological polar surface area (TPSA) is 50.1 Å². The van der Waals surface area contributed by atoms with E-state index in [-0.39, 0.29) is 10.8 Å². The first-order chi connectivity index (χ1) is 12.4. The molecule has 26 heavy (non-hydrogen) atoms. The molecule has 4 heteroatoms. The van der Waals surface area contributed by atoms with Crippen LogP contribution >= 0.6 is 11.3 Å². The third kappa shape index (κ3) is 3.11. The van der Waals surface area contributed by atoms with E-state index >= 15 is 0 Å². The minimum atomic E-state index is 0.169. The van der Waals surface area contributed by atoms with Gasteiger partial charge in [-0.15, -0.1) is 11.3 Å². The number of hydrogen-bond donors (Lipinski definition) is 0. The Bertz CT molecular complexity index is 1110. The normalized spacial score (nSPS) is 15.3. The number of ether oxygens (including phenoxy) is 1. The summed E-state index contributed by atoms with van der Waals surface area (Å²) < 4.78 is 6.87. The van der Waals surface area contributed by atoms with Crippen LogP contribution in [0.1, 0.15) is 36.3 Å². The Labute approximate surface area is 156 Å². The average Bonchev–Trinajstić information content (AvgIpc) is 2.61. The number of hydrogen-bond acceptors (Lipinski definition) is 4. The number of nitrogens with zero attached hydrogens (tertiary/aromatic N) is 1. The SMILES string of the molecule is CC1(C)CCc2c(sc3cc(Oc4cccc(C#N)c4)ccc3c2=O)C1. The molecule has 130 valence electrons. The summed E-state index contributed by atoms with van der Waals surface area (Å²) in [4.78, 5) is 14.1. The van der Waals surface area contributed by atoms with E-state index in [0.29, 0.717) is 17.1 Å². The van der Waals surface area contributed by atoms with Gasteiger partial charge in [0.05, 0.1) is 11.6 Å². The summed E-state index contributed by atoms with van der Waals surface area (Å²) in [7, 11) is 0. The second-order valence-electron chi connectivity index (χ2n) is 7.57. The van der Waals surface area contributed by atoms with Crippen LogP contribution in [0.4, 0.5) is 0 Å². The van der Waals surface area contributed by atoms with Gasteiger partial charge in [-0.2, -0.15) is 5.26 Å². The summed E-state index contributed by atoms with van der Waals surface area (Å²) in [5.74, 6) is 1.30. The lowest BCUT2D eigenvalue weighted by Gasteiger charge is -2.30. The predicted octanol–water partition coefficient (Wildman–Crippen LogP) is 5.44. The summed E-state index contributed by atoms with van der Waals surface area (Å²) in [5.41, 5.74) is 1.97. The van der Waals surface area contributed by atoms with E-state index in [9.17, 15) is 4.79 Å². The van der Waals surface area contributed by atoms with E-state index < -0.39 is 0 Å². The van der Waals surface area contributed by atoms with Gasteiger partial charge in [0.2, 0.25) is 0 Å². The van der Waals surface area contributed by atoms with Crippen LogP contribution < -0.4 is 10.2 Å². The van der Waals surface area contributed by atoms with Crippen LogP contribution in [-0.2, 0) is 12.8 Å². The second kappa shape index (κ2) is 6.26. The molecule has 0 N–H and O–H groups in total. The predicted molar refractivity (Wildman–Crippen MR) is 105 cm³/mol. The van der Waals surface area contributed by atoms with E-state index in [1.54, 1.807) is 29.5 Å². The van der Waals surface area contributed by atoms with Crippen LogP contribution in [0.25, 0.3) is 10.1 Å². The van der Waals surface area contributed by atoms with Crippen LogP contribution in [-0.4, -0.2) is 0 Å². The molecule has 0 atom stereocenters. The van der Waals surface area contributed by atoms with Gasteiger partial charge in [-0.1, -0.05) is 19.9 Å². The van der Waals surface area contributed by atoms with E-state index in [1.807, 2.05) is 24.3 Å². The molecule has 3 nitrogen and oxygen atoms in total. The molecule has 4 rings (SSSR count). The van der Waals surface area contributed by atoms with Crippen LogP contribution in [0.3, 0.4) is 0 Å². The van der Waals surface area contributed by atoms with E-state index in [4.69, 9.17) is 10.00 Å². The molecule has 0 spiro atoms. The minimum Gasteiger partial charge on any atom is -0.457 e. The van der Waals surface area contributed by atoms with E-state index in [0.717, 1.165) is 34.9 Å². The molecule has 1 aliphatic rings. The zero-order valence-corrected chi connectivity index (χ0v) is 15.7. The highest BCUT2D eigenvalue weighted by Crippen LogP contribution is 2.38. The third-order valence-corrected chi connectivity index (χ3v) is 6.13. The fourth-order valence-electron chi connectivity index (χ4n) is 3.47. The van der Waals surface area contributed by atoms with E-state index in [2.05, 4.69) is 19.9 Å². The van der Waals surface area contributed by atoms with Crippen molar-refractivity contribution in [1.29, 1.82) is 5.26 Å². The van der Waals surface area contributed by atoms with Crippen molar-refractivity contribution in [2.45, 2.75) is 33.1 Å². The van der Waals surface area contributed by atoms with Gasteiger partial charge in [-0.25, -0.2) is 0 Å². The first-order valence-electron chi connectivity index (χ1n) is 8.72. The Morgan fingerprint density at radius 2 is 1.96 bits per heavy atom. The molecule has 0 amide bonds. The maximum Gasteiger partial charge on any atom is 0.191 e. The molecule has 1 aliphatic carbocycles. The third-order valence-electron chi connectivity index (χ3n) is 4.93. The molecule has 0 radical (unpaired) electrons. The zero-order valence-electron chi connectivity index (χ0n) is 14.8. The lowest BCUT2D eigenvalue weighted by atomic mass is 9.77. The van der Waals surface area contributed by atoms with Gasteiger partial charge in [-0.3, -0.25) is 4.79 Å². The van der Waals surface area contributed by atoms with Gasteiger partial charge in [-0.05, 0) is 61.1 Å². The number of fused-ring (bicyclic) bond motifs is 2. The Hall–Kier alpha value is -2.64. The van der Waals surface area contributed by atoms with Gasteiger partial charge in [0.25, 0.3) is 0 Å². The summed E-state index contributed by atoms with van der Waals surface area (Å²) in [6.07, 6.45) is 2.88. The highest BCUT2D eigenvalue weighted by atomic mass is 32.1. The van der Waals surface area contributed by atoms with Gasteiger partial charge in [0.1, 0.15) is 11.5 Å². The monoisotopic (exact) mass is 361 g/mol. The van der Waals surface area contributed by atoms with Crippen molar-refractivity contribution in [3.05, 3.63) is 68.7 Å². The van der Waals surface area contributed by atoms with Crippen LogP contribution in [0.5, 0.6) is 11.5 Å². The van der Waals surface area contributed by atoms with Gasteiger partial charge < -0.3 is 4.74 Å². The largest absolute Gasteiger partial charge is 0.457 e. The second-order valence-corrected chi connectivity index (χ2v) is 8.71. The molecule has 0 bridgehead atoms. The molecular weight excluding hydrogens is 342 g/mol. The van der Waals surface area contributed by atoms with Crippen LogP contribution in [0.15, 0.2) is 47.3 Å². The number of nitriles is 1. The lowest BCUT2D eigenvalue weighted by Crippen LogP contribution is -2.26. The summed E-state index contributed by atoms with van der Waals surface area (Å²) in [6.45, 7) is 4.53. The summed E-state index contributed by atoms with van der Waals surface area (Å²) >= 11 is 1.71. The molecule has 3 aromatic rings. The van der Waals surface area contributed by atoms with Crippen molar-refractivity contribution < 1.29 is 4.74 Å². The van der Waals surface area contributed by atoms with Crippen molar-refractivity contribution in [3.8, 4) is 17.6 Å². The molecular formula is C22H19NO2S. The average molecular weight is 361 g/mol. The summed E-state index contributed by atoms with van der Waals surface area (Å²) in [5, 5.41) is 9.79. The molecule has 0 fully saturated rings. The molecule has 1 aromatic heterocycles. The highest BCUT2D eigenvalue weighted by Gasteiger charge is 2.28. The van der Waals surface area contributed by atoms with Crippen molar-refractivity contribution in [2.75, 3.05) is 0 Å². The van der Waals surface area contributed by atoms with Gasteiger partial charge in [0.15, 0.2) is 5.43 Å². The minimum absolute atomic E-state index is 0.169. The Balaban J connectivity index is 1.75. The molecule has 2 aromatic carbocycles. The van der Waals surface area contributed by atoms with Crippen molar-refractivity contribution in [1.82, 2.24) is 0 Å². The quantitative estimate of drug-likeness (QED) is 0.610. The van der Waals surface area contributed by atoms with Crippen LogP contribution in [0, 0.1) is 16.7 Å². The van der Waals surface area contributed by atoms with Crippen molar-refractivity contribution in [2.24, 2.45) is 5.41 Å². The maximum atomic E-state index is 12.9. The first kappa shape index (κ1) is 16.8.